The van der Waals surface area contributed by atoms with Gasteiger partial charge < -0.3 is 15.5 Å². The van der Waals surface area contributed by atoms with Gasteiger partial charge in [-0.25, -0.2) is 16.8 Å². The number of carbonyl (C=O) groups is 1. The molecule has 0 saturated carbocycles. The molecule has 1 amide bonds. The van der Waals surface area contributed by atoms with Crippen molar-refractivity contribution in [1.82, 2.24) is 0 Å². The molecular weight excluding hydrogens is 398 g/mol. The van der Waals surface area contributed by atoms with E-state index in [-0.39, 0.29) is 22.6 Å². The summed E-state index contributed by atoms with van der Waals surface area (Å²) < 4.78 is 49.0. The van der Waals surface area contributed by atoms with Crippen molar-refractivity contribution < 1.29 is 31.8 Å². The minimum atomic E-state index is -3.59. The highest BCUT2D eigenvalue weighted by molar-refractivity contribution is 7.92. The molecule has 0 aliphatic heterocycles. The zero-order valence-corrected chi connectivity index (χ0v) is 15.8. The van der Waals surface area contributed by atoms with E-state index >= 15 is 0 Å². The number of carbonyl (C=O) groups excluding carboxylic acids is 1. The maximum Gasteiger partial charge on any atom is 0.255 e. The Bertz CT molecular complexity index is 1100. The first-order valence-corrected chi connectivity index (χ1v) is 11.1. The second kappa shape index (κ2) is 7.32. The molecule has 0 radical (unpaired) electrons. The fourth-order valence-electron chi connectivity index (χ4n) is 2.06. The van der Waals surface area contributed by atoms with Crippen molar-refractivity contribution >= 4 is 43.0 Å². The molecular formula is C15H17N3O7S2. The van der Waals surface area contributed by atoms with Crippen LogP contribution in [0.25, 0.3) is 0 Å². The number of phenols is 2. The van der Waals surface area contributed by atoms with Gasteiger partial charge in [-0.3, -0.25) is 14.2 Å². The third-order valence-electron chi connectivity index (χ3n) is 3.11. The van der Waals surface area contributed by atoms with Crippen molar-refractivity contribution in [2.24, 2.45) is 0 Å². The lowest BCUT2D eigenvalue weighted by Crippen LogP contribution is -2.13. The normalized spacial score (nSPS) is 11.6. The van der Waals surface area contributed by atoms with E-state index in [1.54, 1.807) is 0 Å². The fourth-order valence-corrected chi connectivity index (χ4v) is 3.20. The molecule has 10 nitrogen and oxygen atoms in total. The summed E-state index contributed by atoms with van der Waals surface area (Å²) in [6.45, 7) is 0. The van der Waals surface area contributed by atoms with Crippen LogP contribution < -0.4 is 14.8 Å². The van der Waals surface area contributed by atoms with Crippen molar-refractivity contribution in [2.75, 3.05) is 27.3 Å². The first kappa shape index (κ1) is 20.3. The van der Waals surface area contributed by atoms with Crippen molar-refractivity contribution in [3.8, 4) is 11.5 Å². The summed E-state index contributed by atoms with van der Waals surface area (Å²) in [5, 5.41) is 22.1. The number of nitrogens with one attached hydrogen (secondary N) is 3. The molecule has 2 rings (SSSR count). The summed E-state index contributed by atoms with van der Waals surface area (Å²) in [6.07, 6.45) is 1.85. The molecule has 0 heterocycles. The molecule has 2 aromatic carbocycles. The van der Waals surface area contributed by atoms with Gasteiger partial charge in [-0.1, -0.05) is 0 Å². The van der Waals surface area contributed by atoms with E-state index in [4.69, 9.17) is 0 Å². The van der Waals surface area contributed by atoms with Crippen molar-refractivity contribution in [3.63, 3.8) is 0 Å². The van der Waals surface area contributed by atoms with E-state index in [1.807, 2.05) is 0 Å². The summed E-state index contributed by atoms with van der Waals surface area (Å²) >= 11 is 0. The summed E-state index contributed by atoms with van der Waals surface area (Å²) in [6, 6.07) is 7.37. The summed E-state index contributed by atoms with van der Waals surface area (Å²) in [7, 11) is -7.16. The van der Waals surface area contributed by atoms with Crippen LogP contribution in [0.1, 0.15) is 10.4 Å². The van der Waals surface area contributed by atoms with Crippen LogP contribution in [-0.2, 0) is 20.0 Å². The van der Waals surface area contributed by atoms with E-state index in [2.05, 4.69) is 14.8 Å². The highest BCUT2D eigenvalue weighted by atomic mass is 32.2. The smallest absolute Gasteiger partial charge is 0.255 e. The molecule has 0 bridgehead atoms. The number of hydrogen-bond donors (Lipinski definition) is 5. The third-order valence-corrected chi connectivity index (χ3v) is 4.29. The second-order valence-electron chi connectivity index (χ2n) is 5.67. The van der Waals surface area contributed by atoms with Gasteiger partial charge in [-0.2, -0.15) is 0 Å². The first-order valence-electron chi connectivity index (χ1n) is 7.27. The summed E-state index contributed by atoms with van der Waals surface area (Å²) in [5.74, 6) is -1.48. The predicted molar refractivity (Wildman–Crippen MR) is 101 cm³/mol. The lowest BCUT2D eigenvalue weighted by molar-refractivity contribution is 0.102. The maximum absolute atomic E-state index is 12.2. The number of sulfonamides is 2. The Morgan fingerprint density at radius 1 is 0.815 bits per heavy atom. The van der Waals surface area contributed by atoms with E-state index in [1.165, 1.54) is 24.3 Å². The number of aromatic hydroxyl groups is 2. The van der Waals surface area contributed by atoms with Crippen molar-refractivity contribution in [2.45, 2.75) is 0 Å². The minimum Gasteiger partial charge on any atom is -0.506 e. The Morgan fingerprint density at radius 2 is 1.30 bits per heavy atom. The molecule has 0 fully saturated rings. The number of benzene rings is 2. The van der Waals surface area contributed by atoms with Gasteiger partial charge in [0.1, 0.15) is 11.5 Å². The fraction of sp³-hybridized carbons (Fsp3) is 0.133. The zero-order valence-electron chi connectivity index (χ0n) is 14.2. The summed E-state index contributed by atoms with van der Waals surface area (Å²) in [4.78, 5) is 12.2. The molecule has 27 heavy (non-hydrogen) atoms. The average Bonchev–Trinajstić information content (AvgIpc) is 2.49. The standard InChI is InChI=1S/C15H17N3O7S2/c1-26(22,23)17-11-5-3-9(7-13(11)19)15(21)16-10-4-6-12(14(20)8-10)18-27(2,24)25/h3-8,17-20H,1-2H3,(H,16,21). The highest BCUT2D eigenvalue weighted by Crippen LogP contribution is 2.29. The van der Waals surface area contributed by atoms with Crippen molar-refractivity contribution in [3.05, 3.63) is 42.0 Å². The SMILES string of the molecule is CS(=O)(=O)Nc1ccc(NC(=O)c2ccc(NS(C)(=O)=O)c(O)c2)cc1O. The average molecular weight is 415 g/mol. The highest BCUT2D eigenvalue weighted by Gasteiger charge is 2.13. The molecule has 0 unspecified atom stereocenters. The van der Waals surface area contributed by atoms with Crippen LogP contribution in [0.3, 0.4) is 0 Å². The molecule has 2 aromatic rings. The van der Waals surface area contributed by atoms with Gasteiger partial charge in [0.25, 0.3) is 5.91 Å². The number of hydrogen-bond acceptors (Lipinski definition) is 7. The topological polar surface area (TPSA) is 162 Å². The molecule has 0 aliphatic rings. The molecule has 0 aromatic heterocycles. The Balaban J connectivity index is 2.18. The van der Waals surface area contributed by atoms with Crippen LogP contribution in [0.4, 0.5) is 17.1 Å². The van der Waals surface area contributed by atoms with Gasteiger partial charge >= 0.3 is 0 Å². The Hall–Kier alpha value is -2.99. The van der Waals surface area contributed by atoms with Crippen molar-refractivity contribution in [1.29, 1.82) is 0 Å². The molecule has 12 heteroatoms. The molecule has 0 atom stereocenters. The number of amides is 1. The minimum absolute atomic E-state index is 0.0318. The first-order chi connectivity index (χ1) is 12.3. The largest absolute Gasteiger partial charge is 0.506 e. The number of rotatable bonds is 6. The van der Waals surface area contributed by atoms with Gasteiger partial charge in [-0.15, -0.1) is 0 Å². The van der Waals surface area contributed by atoms with Crippen LogP contribution in [0, 0.1) is 0 Å². The molecule has 0 spiro atoms. The van der Waals surface area contributed by atoms with E-state index in [9.17, 15) is 31.8 Å². The van der Waals surface area contributed by atoms with E-state index in [0.29, 0.717) is 0 Å². The van der Waals surface area contributed by atoms with Gasteiger partial charge in [0.05, 0.1) is 23.9 Å². The molecule has 0 aliphatic carbocycles. The molecule has 5 N–H and O–H groups in total. The van der Waals surface area contributed by atoms with Crippen LogP contribution in [0.5, 0.6) is 11.5 Å². The third kappa shape index (κ3) is 6.04. The Morgan fingerprint density at radius 3 is 1.74 bits per heavy atom. The quantitative estimate of drug-likeness (QED) is 0.441. The van der Waals surface area contributed by atoms with Gasteiger partial charge in [0.2, 0.25) is 20.0 Å². The maximum atomic E-state index is 12.2. The lowest BCUT2D eigenvalue weighted by Gasteiger charge is -2.11. The molecule has 0 saturated heterocycles. The molecule has 146 valence electrons. The van der Waals surface area contributed by atoms with Crippen LogP contribution in [0.2, 0.25) is 0 Å². The number of anilines is 3. The van der Waals surface area contributed by atoms with Gasteiger partial charge in [0.15, 0.2) is 0 Å². The zero-order chi connectivity index (χ0) is 20.4. The monoisotopic (exact) mass is 415 g/mol. The predicted octanol–water partition coefficient (Wildman–Crippen LogP) is 1.09. The van der Waals surface area contributed by atoms with Gasteiger partial charge in [-0.05, 0) is 30.3 Å². The van der Waals surface area contributed by atoms with E-state index in [0.717, 1.165) is 24.6 Å². The number of phenolic OH excluding ortho intramolecular Hbond substituents is 2. The Kier molecular flexibility index (Phi) is 5.51. The second-order valence-corrected chi connectivity index (χ2v) is 9.16. The Labute approximate surface area is 156 Å². The van der Waals surface area contributed by atoms with E-state index < -0.39 is 37.5 Å². The lowest BCUT2D eigenvalue weighted by atomic mass is 10.1. The van der Waals surface area contributed by atoms with Gasteiger partial charge in [0, 0.05) is 17.3 Å². The summed E-state index contributed by atoms with van der Waals surface area (Å²) in [5.41, 5.74) is 0.0750. The van der Waals surface area contributed by atoms with Crippen LogP contribution in [-0.4, -0.2) is 45.5 Å². The van der Waals surface area contributed by atoms with Crippen LogP contribution >= 0.6 is 0 Å². The van der Waals surface area contributed by atoms with Crippen LogP contribution in [0.15, 0.2) is 36.4 Å².